The van der Waals surface area contributed by atoms with Gasteiger partial charge in [-0.1, -0.05) is 11.6 Å². The Morgan fingerprint density at radius 2 is 2.44 bits per heavy atom. The largest absolute Gasteiger partial charge is 0.481 e. The second-order valence-corrected chi connectivity index (χ2v) is 4.19. The third-order valence-corrected chi connectivity index (χ3v) is 2.65. The molecule has 1 aliphatic carbocycles. The lowest BCUT2D eigenvalue weighted by atomic mass is 10.4. The highest BCUT2D eigenvalue weighted by molar-refractivity contribution is 6.30. The summed E-state index contributed by atoms with van der Waals surface area (Å²) in [5, 5.41) is 3.08. The van der Waals surface area contributed by atoms with Crippen LogP contribution in [0.5, 0.6) is 5.75 Å². The summed E-state index contributed by atoms with van der Waals surface area (Å²) in [6, 6.07) is 3.40. The monoisotopic (exact) mass is 240 g/mol. The number of halogens is 1. The lowest BCUT2D eigenvalue weighted by Crippen LogP contribution is -2.30. The second-order valence-electron chi connectivity index (χ2n) is 3.83. The first-order valence-electron chi connectivity index (χ1n) is 5.25. The van der Waals surface area contributed by atoms with Crippen LogP contribution in [-0.4, -0.2) is 24.0 Å². The van der Waals surface area contributed by atoms with Gasteiger partial charge in [0.25, 0.3) is 5.91 Å². The van der Waals surface area contributed by atoms with Gasteiger partial charge in [-0.05, 0) is 30.9 Å². The lowest BCUT2D eigenvalue weighted by Gasteiger charge is -2.07. The number of pyridine rings is 1. The number of hydrogen-bond acceptors (Lipinski definition) is 3. The Hall–Kier alpha value is -1.29. The van der Waals surface area contributed by atoms with E-state index in [1.165, 1.54) is 12.8 Å². The van der Waals surface area contributed by atoms with Crippen molar-refractivity contribution in [2.75, 3.05) is 13.2 Å². The first kappa shape index (κ1) is 11.2. The van der Waals surface area contributed by atoms with E-state index in [2.05, 4.69) is 10.3 Å². The number of ether oxygens (including phenoxy) is 1. The number of carbonyl (C=O) groups is 1. The zero-order chi connectivity index (χ0) is 11.4. The highest BCUT2D eigenvalue weighted by Crippen LogP contribution is 2.27. The predicted molar refractivity (Wildman–Crippen MR) is 60.5 cm³/mol. The normalized spacial score (nSPS) is 14.6. The number of aromatic nitrogens is 1. The predicted octanol–water partition coefficient (Wildman–Crippen LogP) is 1.64. The van der Waals surface area contributed by atoms with E-state index in [0.29, 0.717) is 11.7 Å². The van der Waals surface area contributed by atoms with Crippen LogP contribution in [0.3, 0.4) is 0 Å². The maximum absolute atomic E-state index is 11.4. The zero-order valence-electron chi connectivity index (χ0n) is 8.78. The van der Waals surface area contributed by atoms with E-state index in [1.54, 1.807) is 18.3 Å². The van der Waals surface area contributed by atoms with Gasteiger partial charge in [-0.2, -0.15) is 0 Å². The SMILES string of the molecule is O=C(COc1cccnc1Cl)NCC1CC1. The van der Waals surface area contributed by atoms with Gasteiger partial charge >= 0.3 is 0 Å². The molecule has 0 aliphatic heterocycles. The van der Waals surface area contributed by atoms with Crippen LogP contribution in [0.25, 0.3) is 0 Å². The van der Waals surface area contributed by atoms with Crippen LogP contribution in [-0.2, 0) is 4.79 Å². The molecule has 0 atom stereocenters. The van der Waals surface area contributed by atoms with Gasteiger partial charge in [-0.3, -0.25) is 4.79 Å². The molecule has 1 N–H and O–H groups in total. The van der Waals surface area contributed by atoms with Crippen LogP contribution < -0.4 is 10.1 Å². The van der Waals surface area contributed by atoms with E-state index >= 15 is 0 Å². The summed E-state index contributed by atoms with van der Waals surface area (Å²) in [5.41, 5.74) is 0. The van der Waals surface area contributed by atoms with Crippen molar-refractivity contribution in [1.29, 1.82) is 0 Å². The Morgan fingerprint density at radius 3 is 3.12 bits per heavy atom. The molecule has 1 heterocycles. The molecule has 0 saturated heterocycles. The fourth-order valence-electron chi connectivity index (χ4n) is 1.25. The maximum Gasteiger partial charge on any atom is 0.257 e. The van der Waals surface area contributed by atoms with E-state index in [-0.39, 0.29) is 17.7 Å². The van der Waals surface area contributed by atoms with Crippen LogP contribution >= 0.6 is 11.6 Å². The average Bonchev–Trinajstić information content (AvgIpc) is 3.09. The molecule has 1 aliphatic rings. The van der Waals surface area contributed by atoms with E-state index in [9.17, 15) is 4.79 Å². The molecule has 1 fully saturated rings. The van der Waals surface area contributed by atoms with E-state index in [0.717, 1.165) is 6.54 Å². The summed E-state index contributed by atoms with van der Waals surface area (Å²) in [6.45, 7) is 0.737. The highest BCUT2D eigenvalue weighted by atomic mass is 35.5. The summed E-state index contributed by atoms with van der Waals surface area (Å²) < 4.78 is 5.24. The van der Waals surface area contributed by atoms with Crippen LogP contribution in [0.4, 0.5) is 0 Å². The molecule has 16 heavy (non-hydrogen) atoms. The Bertz CT molecular complexity index is 380. The third kappa shape index (κ3) is 3.38. The number of rotatable bonds is 5. The van der Waals surface area contributed by atoms with E-state index < -0.39 is 0 Å². The average molecular weight is 241 g/mol. The van der Waals surface area contributed by atoms with Crippen LogP contribution in [0.1, 0.15) is 12.8 Å². The zero-order valence-corrected chi connectivity index (χ0v) is 9.54. The van der Waals surface area contributed by atoms with Crippen LogP contribution in [0.2, 0.25) is 5.15 Å². The first-order valence-corrected chi connectivity index (χ1v) is 5.63. The van der Waals surface area contributed by atoms with Gasteiger partial charge in [0.05, 0.1) is 0 Å². The molecular formula is C11H13ClN2O2. The van der Waals surface area contributed by atoms with Gasteiger partial charge < -0.3 is 10.1 Å². The molecule has 1 amide bonds. The molecule has 0 aromatic carbocycles. The van der Waals surface area contributed by atoms with Crippen molar-refractivity contribution in [1.82, 2.24) is 10.3 Å². The van der Waals surface area contributed by atoms with Crippen LogP contribution in [0, 0.1) is 5.92 Å². The smallest absolute Gasteiger partial charge is 0.257 e. The molecule has 0 radical (unpaired) electrons. The quantitative estimate of drug-likeness (QED) is 0.796. The van der Waals surface area contributed by atoms with Crippen molar-refractivity contribution in [3.05, 3.63) is 23.5 Å². The van der Waals surface area contributed by atoms with Crippen molar-refractivity contribution < 1.29 is 9.53 Å². The minimum Gasteiger partial charge on any atom is -0.481 e. The maximum atomic E-state index is 11.4. The molecule has 5 heteroatoms. The molecule has 0 unspecified atom stereocenters. The molecule has 0 spiro atoms. The first-order chi connectivity index (χ1) is 7.75. The van der Waals surface area contributed by atoms with Gasteiger partial charge in [0, 0.05) is 12.7 Å². The van der Waals surface area contributed by atoms with E-state index in [4.69, 9.17) is 16.3 Å². The topological polar surface area (TPSA) is 51.2 Å². The molecule has 1 aromatic heterocycles. The molecule has 86 valence electrons. The molecule has 1 saturated carbocycles. The Kier molecular flexibility index (Phi) is 3.62. The minimum atomic E-state index is -0.119. The minimum absolute atomic E-state index is 0.0157. The molecule has 2 rings (SSSR count). The van der Waals surface area contributed by atoms with Crippen molar-refractivity contribution in [3.63, 3.8) is 0 Å². The van der Waals surface area contributed by atoms with Crippen molar-refractivity contribution in [3.8, 4) is 5.75 Å². The fourth-order valence-corrected chi connectivity index (χ4v) is 1.43. The summed E-state index contributed by atoms with van der Waals surface area (Å²) in [5.74, 6) is 0.989. The van der Waals surface area contributed by atoms with Crippen molar-refractivity contribution >= 4 is 17.5 Å². The Balaban J connectivity index is 1.73. The third-order valence-electron chi connectivity index (χ3n) is 2.37. The molecule has 4 nitrogen and oxygen atoms in total. The Labute approximate surface area is 99.0 Å². The number of nitrogens with one attached hydrogen (secondary N) is 1. The summed E-state index contributed by atoms with van der Waals surface area (Å²) >= 11 is 5.78. The molecule has 0 bridgehead atoms. The molecular weight excluding hydrogens is 228 g/mol. The van der Waals surface area contributed by atoms with E-state index in [1.807, 2.05) is 0 Å². The summed E-state index contributed by atoms with van der Waals surface area (Å²) in [7, 11) is 0. The van der Waals surface area contributed by atoms with Gasteiger partial charge in [0.2, 0.25) is 0 Å². The number of carbonyl (C=O) groups excluding carboxylic acids is 1. The standard InChI is InChI=1S/C11H13ClN2O2/c12-11-9(2-1-5-13-11)16-7-10(15)14-6-8-3-4-8/h1-2,5,8H,3-4,6-7H2,(H,14,15). The van der Waals surface area contributed by atoms with Crippen molar-refractivity contribution in [2.24, 2.45) is 5.92 Å². The Morgan fingerprint density at radius 1 is 1.62 bits per heavy atom. The number of amides is 1. The van der Waals surface area contributed by atoms with Crippen molar-refractivity contribution in [2.45, 2.75) is 12.8 Å². The number of hydrogen-bond donors (Lipinski definition) is 1. The van der Waals surface area contributed by atoms with Gasteiger partial charge in [-0.15, -0.1) is 0 Å². The second kappa shape index (κ2) is 5.16. The summed E-state index contributed by atoms with van der Waals surface area (Å²) in [4.78, 5) is 15.2. The summed E-state index contributed by atoms with van der Waals surface area (Å²) in [6.07, 6.45) is 4.01. The van der Waals surface area contributed by atoms with Gasteiger partial charge in [0.1, 0.15) is 0 Å². The van der Waals surface area contributed by atoms with Gasteiger partial charge in [-0.25, -0.2) is 4.98 Å². The van der Waals surface area contributed by atoms with Crippen LogP contribution in [0.15, 0.2) is 18.3 Å². The fraction of sp³-hybridized carbons (Fsp3) is 0.455. The lowest BCUT2D eigenvalue weighted by molar-refractivity contribution is -0.123. The number of nitrogens with zero attached hydrogens (tertiary/aromatic N) is 1. The highest BCUT2D eigenvalue weighted by Gasteiger charge is 2.21. The molecule has 1 aromatic rings. The van der Waals surface area contributed by atoms with Gasteiger partial charge in [0.15, 0.2) is 17.5 Å².